The summed E-state index contributed by atoms with van der Waals surface area (Å²) in [4.78, 5) is 14.3. The summed E-state index contributed by atoms with van der Waals surface area (Å²) in [7, 11) is 0. The van der Waals surface area contributed by atoms with Gasteiger partial charge in [-0.1, -0.05) is 24.3 Å². The SMILES string of the molecule is Cc1ccc(C(=O)N2CCOc3ccccc3C2)cc1O. The van der Waals surface area contributed by atoms with Crippen molar-refractivity contribution in [1.82, 2.24) is 4.90 Å². The van der Waals surface area contributed by atoms with Gasteiger partial charge < -0.3 is 14.7 Å². The van der Waals surface area contributed by atoms with E-state index in [4.69, 9.17) is 4.74 Å². The number of rotatable bonds is 1. The van der Waals surface area contributed by atoms with Crippen LogP contribution in [-0.4, -0.2) is 29.1 Å². The summed E-state index contributed by atoms with van der Waals surface area (Å²) in [5.41, 5.74) is 2.26. The van der Waals surface area contributed by atoms with E-state index in [-0.39, 0.29) is 11.7 Å². The first-order valence-electron chi connectivity index (χ1n) is 6.95. The fourth-order valence-electron chi connectivity index (χ4n) is 2.42. The van der Waals surface area contributed by atoms with E-state index in [1.54, 1.807) is 24.0 Å². The Kier molecular flexibility index (Phi) is 3.52. The molecule has 0 bridgehead atoms. The Morgan fingerprint density at radius 3 is 2.86 bits per heavy atom. The Balaban J connectivity index is 1.86. The van der Waals surface area contributed by atoms with Crippen LogP contribution >= 0.6 is 0 Å². The number of carbonyl (C=O) groups is 1. The van der Waals surface area contributed by atoms with Crippen LogP contribution in [0.1, 0.15) is 21.5 Å². The number of benzene rings is 2. The van der Waals surface area contributed by atoms with Gasteiger partial charge in [0.25, 0.3) is 5.91 Å². The van der Waals surface area contributed by atoms with Gasteiger partial charge in [-0.05, 0) is 30.7 Å². The predicted octanol–water partition coefficient (Wildman–Crippen LogP) is 2.74. The van der Waals surface area contributed by atoms with E-state index >= 15 is 0 Å². The number of aromatic hydroxyl groups is 1. The zero-order valence-corrected chi connectivity index (χ0v) is 11.9. The molecule has 0 aromatic heterocycles. The number of phenols is 1. The lowest BCUT2D eigenvalue weighted by Gasteiger charge is -2.20. The molecule has 1 aliphatic heterocycles. The lowest BCUT2D eigenvalue weighted by molar-refractivity contribution is 0.0733. The Morgan fingerprint density at radius 1 is 1.24 bits per heavy atom. The molecule has 0 unspecified atom stereocenters. The van der Waals surface area contributed by atoms with Gasteiger partial charge in [0.2, 0.25) is 0 Å². The lowest BCUT2D eigenvalue weighted by atomic mass is 10.1. The molecule has 21 heavy (non-hydrogen) atoms. The monoisotopic (exact) mass is 283 g/mol. The summed E-state index contributed by atoms with van der Waals surface area (Å²) in [6.07, 6.45) is 0. The third-order valence-electron chi connectivity index (χ3n) is 3.70. The summed E-state index contributed by atoms with van der Waals surface area (Å²) in [5.74, 6) is 0.887. The standard InChI is InChI=1S/C17H17NO3/c1-12-6-7-13(10-15(12)19)17(20)18-8-9-21-16-5-3-2-4-14(16)11-18/h2-7,10,19H,8-9,11H2,1H3. The van der Waals surface area contributed by atoms with E-state index in [1.165, 1.54) is 6.07 Å². The maximum Gasteiger partial charge on any atom is 0.254 e. The maximum absolute atomic E-state index is 12.6. The Hall–Kier alpha value is -2.49. The molecule has 1 amide bonds. The molecular formula is C17H17NO3. The fraction of sp³-hybridized carbons (Fsp3) is 0.235. The first kappa shape index (κ1) is 13.5. The molecule has 108 valence electrons. The summed E-state index contributed by atoms with van der Waals surface area (Å²) >= 11 is 0. The highest BCUT2D eigenvalue weighted by atomic mass is 16.5. The average Bonchev–Trinajstić information content (AvgIpc) is 2.71. The van der Waals surface area contributed by atoms with Crippen LogP contribution in [0, 0.1) is 6.92 Å². The molecular weight excluding hydrogens is 266 g/mol. The van der Waals surface area contributed by atoms with Gasteiger partial charge in [0, 0.05) is 17.7 Å². The number of amides is 1. The molecule has 1 aliphatic rings. The van der Waals surface area contributed by atoms with Crippen molar-refractivity contribution in [3.8, 4) is 11.5 Å². The van der Waals surface area contributed by atoms with Gasteiger partial charge in [0.05, 0.1) is 6.54 Å². The minimum Gasteiger partial charge on any atom is -0.508 e. The van der Waals surface area contributed by atoms with E-state index in [0.29, 0.717) is 25.3 Å². The quantitative estimate of drug-likeness (QED) is 0.875. The zero-order valence-electron chi connectivity index (χ0n) is 11.9. The Bertz CT molecular complexity index is 681. The number of carbonyl (C=O) groups excluding carboxylic acids is 1. The molecule has 0 fully saturated rings. The first-order valence-corrected chi connectivity index (χ1v) is 6.95. The second kappa shape index (κ2) is 5.48. The minimum absolute atomic E-state index is 0.0920. The van der Waals surface area contributed by atoms with Crippen molar-refractivity contribution in [3.63, 3.8) is 0 Å². The normalized spacial score (nSPS) is 14.0. The topological polar surface area (TPSA) is 49.8 Å². The summed E-state index contributed by atoms with van der Waals surface area (Å²) in [5, 5.41) is 9.77. The fourth-order valence-corrected chi connectivity index (χ4v) is 2.42. The number of hydrogen-bond acceptors (Lipinski definition) is 3. The molecule has 1 N–H and O–H groups in total. The van der Waals surface area contributed by atoms with E-state index in [9.17, 15) is 9.90 Å². The lowest BCUT2D eigenvalue weighted by Crippen LogP contribution is -2.32. The van der Waals surface area contributed by atoms with Gasteiger partial charge in [-0.15, -0.1) is 0 Å². The number of nitrogens with zero attached hydrogens (tertiary/aromatic N) is 1. The molecule has 2 aromatic carbocycles. The summed E-state index contributed by atoms with van der Waals surface area (Å²) in [6, 6.07) is 12.8. The van der Waals surface area contributed by atoms with E-state index in [0.717, 1.165) is 16.9 Å². The summed E-state index contributed by atoms with van der Waals surface area (Å²) in [6.45, 7) is 3.33. The van der Waals surface area contributed by atoms with Gasteiger partial charge in [0.1, 0.15) is 18.1 Å². The highest BCUT2D eigenvalue weighted by Crippen LogP contribution is 2.24. The van der Waals surface area contributed by atoms with Crippen molar-refractivity contribution < 1.29 is 14.6 Å². The van der Waals surface area contributed by atoms with Crippen molar-refractivity contribution in [2.75, 3.05) is 13.2 Å². The predicted molar refractivity (Wildman–Crippen MR) is 79.5 cm³/mol. The van der Waals surface area contributed by atoms with E-state index in [1.807, 2.05) is 24.3 Å². The van der Waals surface area contributed by atoms with Gasteiger partial charge in [-0.3, -0.25) is 4.79 Å². The van der Waals surface area contributed by atoms with Crippen LogP contribution in [-0.2, 0) is 6.54 Å². The molecule has 4 nitrogen and oxygen atoms in total. The van der Waals surface area contributed by atoms with Crippen LogP contribution in [0.15, 0.2) is 42.5 Å². The van der Waals surface area contributed by atoms with Crippen LogP contribution in [0.2, 0.25) is 0 Å². The third kappa shape index (κ3) is 2.70. The number of ether oxygens (including phenoxy) is 1. The summed E-state index contributed by atoms with van der Waals surface area (Å²) < 4.78 is 5.66. The number of hydrogen-bond donors (Lipinski definition) is 1. The number of para-hydroxylation sites is 1. The number of aryl methyl sites for hydroxylation is 1. The molecule has 0 radical (unpaired) electrons. The van der Waals surface area contributed by atoms with Crippen LogP contribution in [0.3, 0.4) is 0 Å². The van der Waals surface area contributed by atoms with Crippen LogP contribution in [0.4, 0.5) is 0 Å². The van der Waals surface area contributed by atoms with Gasteiger partial charge in [-0.2, -0.15) is 0 Å². The maximum atomic E-state index is 12.6. The van der Waals surface area contributed by atoms with Crippen molar-refractivity contribution in [2.24, 2.45) is 0 Å². The van der Waals surface area contributed by atoms with Crippen LogP contribution < -0.4 is 4.74 Å². The molecule has 4 heteroatoms. The van der Waals surface area contributed by atoms with Crippen LogP contribution in [0.5, 0.6) is 11.5 Å². The second-order valence-corrected chi connectivity index (χ2v) is 5.18. The average molecular weight is 283 g/mol. The minimum atomic E-state index is -0.0920. The van der Waals surface area contributed by atoms with Crippen molar-refractivity contribution in [2.45, 2.75) is 13.5 Å². The van der Waals surface area contributed by atoms with Gasteiger partial charge >= 0.3 is 0 Å². The molecule has 0 saturated carbocycles. The molecule has 0 spiro atoms. The smallest absolute Gasteiger partial charge is 0.254 e. The molecule has 0 saturated heterocycles. The Morgan fingerprint density at radius 2 is 2.05 bits per heavy atom. The zero-order chi connectivity index (χ0) is 14.8. The number of fused-ring (bicyclic) bond motifs is 1. The molecule has 1 heterocycles. The van der Waals surface area contributed by atoms with Crippen LogP contribution in [0.25, 0.3) is 0 Å². The highest BCUT2D eigenvalue weighted by Gasteiger charge is 2.21. The Labute approximate surface area is 123 Å². The number of phenolic OH excluding ortho intramolecular Hbond substituents is 1. The van der Waals surface area contributed by atoms with Gasteiger partial charge in [0.15, 0.2) is 0 Å². The van der Waals surface area contributed by atoms with E-state index < -0.39 is 0 Å². The second-order valence-electron chi connectivity index (χ2n) is 5.18. The highest BCUT2D eigenvalue weighted by molar-refractivity contribution is 5.94. The van der Waals surface area contributed by atoms with Crippen molar-refractivity contribution >= 4 is 5.91 Å². The molecule has 0 aliphatic carbocycles. The first-order chi connectivity index (χ1) is 10.1. The third-order valence-corrected chi connectivity index (χ3v) is 3.70. The van der Waals surface area contributed by atoms with Gasteiger partial charge in [-0.25, -0.2) is 0 Å². The molecule has 2 aromatic rings. The molecule has 0 atom stereocenters. The van der Waals surface area contributed by atoms with Crippen molar-refractivity contribution in [3.05, 3.63) is 59.2 Å². The van der Waals surface area contributed by atoms with E-state index in [2.05, 4.69) is 0 Å². The largest absolute Gasteiger partial charge is 0.508 e. The van der Waals surface area contributed by atoms with Crippen molar-refractivity contribution in [1.29, 1.82) is 0 Å². The molecule has 3 rings (SSSR count).